The monoisotopic (exact) mass is 192 g/mol. The van der Waals surface area contributed by atoms with E-state index in [9.17, 15) is 4.79 Å². The maximum absolute atomic E-state index is 11.5. The van der Waals surface area contributed by atoms with E-state index >= 15 is 0 Å². The molecule has 0 aliphatic heterocycles. The molecule has 76 valence electrons. The Morgan fingerprint density at radius 3 is 2.93 bits per heavy atom. The summed E-state index contributed by atoms with van der Waals surface area (Å²) in [5.41, 5.74) is 1.19. The maximum Gasteiger partial charge on any atom is 0.310 e. The van der Waals surface area contributed by atoms with Gasteiger partial charge in [0, 0.05) is 0 Å². The third-order valence-corrected chi connectivity index (χ3v) is 2.99. The molecule has 1 fully saturated rings. The zero-order chi connectivity index (χ0) is 10.1. The van der Waals surface area contributed by atoms with E-state index in [1.54, 1.807) is 0 Å². The lowest BCUT2D eigenvalue weighted by Crippen LogP contribution is -2.09. The fourth-order valence-electron chi connectivity index (χ4n) is 2.08. The number of hydrogen-bond acceptors (Lipinski definition) is 2. The Kier molecular flexibility index (Phi) is 2.44. The van der Waals surface area contributed by atoms with Gasteiger partial charge in [-0.3, -0.25) is 4.79 Å². The Hall–Kier alpha value is -1.05. The lowest BCUT2D eigenvalue weighted by atomic mass is 10.2. The highest BCUT2D eigenvalue weighted by Gasteiger charge is 2.55. The minimum absolute atomic E-state index is 0.0122. The number of ether oxygens (including phenoxy) is 1. The molecule has 0 aromatic carbocycles. The summed E-state index contributed by atoms with van der Waals surface area (Å²) in [5, 5.41) is 0. The number of rotatable bonds is 3. The number of carbonyl (C=O) groups excluding carboxylic acids is 1. The molecule has 0 bridgehead atoms. The van der Waals surface area contributed by atoms with Crippen LogP contribution >= 0.6 is 0 Å². The first kappa shape index (κ1) is 9.50. The van der Waals surface area contributed by atoms with Crippen molar-refractivity contribution in [1.29, 1.82) is 0 Å². The summed E-state index contributed by atoms with van der Waals surface area (Å²) in [7, 11) is 0. The van der Waals surface area contributed by atoms with E-state index in [4.69, 9.17) is 4.74 Å². The first-order valence-corrected chi connectivity index (χ1v) is 5.17. The van der Waals surface area contributed by atoms with Crippen molar-refractivity contribution in [1.82, 2.24) is 0 Å². The Morgan fingerprint density at radius 1 is 1.57 bits per heavy atom. The lowest BCUT2D eigenvalue weighted by Gasteiger charge is -2.01. The van der Waals surface area contributed by atoms with Crippen LogP contribution in [0.5, 0.6) is 0 Å². The summed E-state index contributed by atoms with van der Waals surface area (Å²) in [6.07, 6.45) is 7.31. The van der Waals surface area contributed by atoms with Gasteiger partial charge >= 0.3 is 5.97 Å². The Balaban J connectivity index is 1.75. The minimum Gasteiger partial charge on any atom is -0.461 e. The molecule has 1 saturated carbocycles. The third-order valence-electron chi connectivity index (χ3n) is 2.99. The quantitative estimate of drug-likeness (QED) is 0.506. The normalized spacial score (nSPS) is 32.3. The molecule has 2 rings (SSSR count). The molecule has 0 radical (unpaired) electrons. The van der Waals surface area contributed by atoms with Gasteiger partial charge in [-0.2, -0.15) is 0 Å². The molecule has 0 heterocycles. The van der Waals surface area contributed by atoms with Crippen molar-refractivity contribution < 1.29 is 9.53 Å². The second-order valence-electron chi connectivity index (χ2n) is 4.34. The molecule has 0 saturated heterocycles. The molecule has 0 aromatic heterocycles. The molecule has 0 unspecified atom stereocenters. The van der Waals surface area contributed by atoms with Crippen molar-refractivity contribution in [2.75, 3.05) is 6.61 Å². The maximum atomic E-state index is 11.5. The largest absolute Gasteiger partial charge is 0.461 e. The van der Waals surface area contributed by atoms with Crippen LogP contribution in [0.1, 0.15) is 20.3 Å². The molecule has 2 aliphatic carbocycles. The second kappa shape index (κ2) is 3.60. The van der Waals surface area contributed by atoms with Crippen molar-refractivity contribution >= 4 is 5.97 Å². The SMILES string of the molecule is CC(C)=CCOC(=O)[C@@H]1[C@H]2C=CC[C@H]21. The number of hydrogen-bond donors (Lipinski definition) is 0. The van der Waals surface area contributed by atoms with E-state index in [0.29, 0.717) is 18.4 Å². The molecule has 0 amide bonds. The van der Waals surface area contributed by atoms with Gasteiger partial charge in [0.15, 0.2) is 0 Å². The fraction of sp³-hybridized carbons (Fsp3) is 0.583. The predicted molar refractivity (Wildman–Crippen MR) is 54.6 cm³/mol. The first-order valence-electron chi connectivity index (χ1n) is 5.17. The number of allylic oxidation sites excluding steroid dienone is 3. The molecule has 2 aliphatic rings. The van der Waals surface area contributed by atoms with Gasteiger partial charge < -0.3 is 4.74 Å². The van der Waals surface area contributed by atoms with Gasteiger partial charge in [0.2, 0.25) is 0 Å². The van der Waals surface area contributed by atoms with Crippen molar-refractivity contribution in [2.45, 2.75) is 20.3 Å². The fourth-order valence-corrected chi connectivity index (χ4v) is 2.08. The summed E-state index contributed by atoms with van der Waals surface area (Å²) < 4.78 is 5.16. The van der Waals surface area contributed by atoms with Crippen LogP contribution in [0.4, 0.5) is 0 Å². The van der Waals surface area contributed by atoms with Crippen LogP contribution in [0.25, 0.3) is 0 Å². The van der Waals surface area contributed by atoms with E-state index in [1.165, 1.54) is 5.57 Å². The van der Waals surface area contributed by atoms with Crippen molar-refractivity contribution in [3.8, 4) is 0 Å². The molecule has 3 atom stereocenters. The number of esters is 1. The smallest absolute Gasteiger partial charge is 0.310 e. The molecule has 2 heteroatoms. The van der Waals surface area contributed by atoms with Crippen molar-refractivity contribution in [2.24, 2.45) is 17.8 Å². The summed E-state index contributed by atoms with van der Waals surface area (Å²) in [4.78, 5) is 11.5. The highest BCUT2D eigenvalue weighted by molar-refractivity contribution is 5.77. The Morgan fingerprint density at radius 2 is 2.36 bits per heavy atom. The zero-order valence-corrected chi connectivity index (χ0v) is 8.69. The van der Waals surface area contributed by atoms with Crippen LogP contribution in [0.2, 0.25) is 0 Å². The summed E-state index contributed by atoms with van der Waals surface area (Å²) >= 11 is 0. The summed E-state index contributed by atoms with van der Waals surface area (Å²) in [6.45, 7) is 4.44. The Bertz CT molecular complexity index is 297. The molecular weight excluding hydrogens is 176 g/mol. The average molecular weight is 192 g/mol. The molecular formula is C12H16O2. The van der Waals surface area contributed by atoms with Crippen LogP contribution in [-0.2, 0) is 9.53 Å². The van der Waals surface area contributed by atoms with Gasteiger partial charge in [-0.1, -0.05) is 17.7 Å². The molecule has 0 N–H and O–H groups in total. The van der Waals surface area contributed by atoms with E-state index in [0.717, 1.165) is 6.42 Å². The molecule has 0 aromatic rings. The van der Waals surface area contributed by atoms with Crippen molar-refractivity contribution in [3.63, 3.8) is 0 Å². The third kappa shape index (κ3) is 1.74. The first-order chi connectivity index (χ1) is 6.70. The van der Waals surface area contributed by atoms with E-state index in [1.807, 2.05) is 19.9 Å². The summed E-state index contributed by atoms with van der Waals surface area (Å²) in [5.74, 6) is 1.22. The molecule has 0 spiro atoms. The van der Waals surface area contributed by atoms with Gasteiger partial charge in [0.05, 0.1) is 5.92 Å². The van der Waals surface area contributed by atoms with Crippen LogP contribution in [-0.4, -0.2) is 12.6 Å². The van der Waals surface area contributed by atoms with Crippen LogP contribution in [0.15, 0.2) is 23.8 Å². The van der Waals surface area contributed by atoms with Crippen LogP contribution in [0, 0.1) is 17.8 Å². The highest BCUT2D eigenvalue weighted by atomic mass is 16.5. The van der Waals surface area contributed by atoms with Gasteiger partial charge in [-0.05, 0) is 38.2 Å². The standard InChI is InChI=1S/C12H16O2/c1-8(2)6-7-14-12(13)11-9-4-3-5-10(9)11/h3-4,6,9-11H,5,7H2,1-2H3/t9-,10+,11+/m0/s1. The number of fused-ring (bicyclic) bond motifs is 1. The minimum atomic E-state index is -0.0122. The van der Waals surface area contributed by atoms with Gasteiger partial charge in [0.1, 0.15) is 6.61 Å². The van der Waals surface area contributed by atoms with Crippen LogP contribution < -0.4 is 0 Å². The van der Waals surface area contributed by atoms with E-state index < -0.39 is 0 Å². The van der Waals surface area contributed by atoms with Gasteiger partial charge in [0.25, 0.3) is 0 Å². The van der Waals surface area contributed by atoms with E-state index in [2.05, 4.69) is 12.2 Å². The summed E-state index contributed by atoms with van der Waals surface area (Å²) in [6, 6.07) is 0. The van der Waals surface area contributed by atoms with Gasteiger partial charge in [-0.15, -0.1) is 0 Å². The topological polar surface area (TPSA) is 26.3 Å². The lowest BCUT2D eigenvalue weighted by molar-refractivity contribution is -0.144. The highest BCUT2D eigenvalue weighted by Crippen LogP contribution is 2.54. The predicted octanol–water partition coefficient (Wildman–Crippen LogP) is 2.32. The average Bonchev–Trinajstić information content (AvgIpc) is 2.60. The second-order valence-corrected chi connectivity index (χ2v) is 4.34. The van der Waals surface area contributed by atoms with E-state index in [-0.39, 0.29) is 11.9 Å². The van der Waals surface area contributed by atoms with Crippen LogP contribution in [0.3, 0.4) is 0 Å². The van der Waals surface area contributed by atoms with Gasteiger partial charge in [-0.25, -0.2) is 0 Å². The molecule has 14 heavy (non-hydrogen) atoms. The molecule has 2 nitrogen and oxygen atoms in total. The van der Waals surface area contributed by atoms with Crippen molar-refractivity contribution in [3.05, 3.63) is 23.8 Å². The number of carbonyl (C=O) groups is 1. The zero-order valence-electron chi connectivity index (χ0n) is 8.69. The Labute approximate surface area is 84.6 Å².